The summed E-state index contributed by atoms with van der Waals surface area (Å²) in [4.78, 5) is 29.4. The highest BCUT2D eigenvalue weighted by molar-refractivity contribution is 7.92. The number of benzene rings is 3. The number of rotatable bonds is 13. The van der Waals surface area contributed by atoms with Crippen molar-refractivity contribution in [1.82, 2.24) is 10.2 Å². The van der Waals surface area contributed by atoms with E-state index in [2.05, 4.69) is 5.32 Å². The van der Waals surface area contributed by atoms with Crippen LogP contribution in [0.1, 0.15) is 55.2 Å². The van der Waals surface area contributed by atoms with Crippen LogP contribution in [0.2, 0.25) is 0 Å². The highest BCUT2D eigenvalue weighted by atomic mass is 32.2. The molecule has 2 amide bonds. The summed E-state index contributed by atoms with van der Waals surface area (Å²) in [5.41, 5.74) is 2.78. The third-order valence-electron chi connectivity index (χ3n) is 7.92. The molecule has 0 unspecified atom stereocenters. The molecular formula is C33H39F2N3O4S. The van der Waals surface area contributed by atoms with Gasteiger partial charge in [-0.15, -0.1) is 0 Å². The van der Waals surface area contributed by atoms with E-state index in [1.54, 1.807) is 4.90 Å². The second-order valence-corrected chi connectivity index (χ2v) is 13.1. The molecule has 7 nitrogen and oxygen atoms in total. The molecule has 1 atom stereocenters. The van der Waals surface area contributed by atoms with E-state index in [0.29, 0.717) is 6.42 Å². The molecule has 1 aliphatic rings. The Kier molecular flexibility index (Phi) is 10.9. The van der Waals surface area contributed by atoms with Gasteiger partial charge in [-0.1, -0.05) is 67.4 Å². The van der Waals surface area contributed by atoms with Gasteiger partial charge in [-0.05, 0) is 55.0 Å². The first-order chi connectivity index (χ1) is 20.5. The van der Waals surface area contributed by atoms with E-state index >= 15 is 0 Å². The molecule has 0 aromatic heterocycles. The summed E-state index contributed by atoms with van der Waals surface area (Å²) in [6.45, 7) is 2.04. The number of hydrogen-bond acceptors (Lipinski definition) is 4. The van der Waals surface area contributed by atoms with E-state index < -0.39 is 27.7 Å². The smallest absolute Gasteiger partial charge is 0.243 e. The minimum Gasteiger partial charge on any atom is -0.352 e. The Hall–Kier alpha value is -3.79. The van der Waals surface area contributed by atoms with Gasteiger partial charge in [-0.3, -0.25) is 13.9 Å². The van der Waals surface area contributed by atoms with Crippen LogP contribution in [0.5, 0.6) is 0 Å². The second kappa shape index (κ2) is 14.6. The Morgan fingerprint density at radius 3 is 2.28 bits per heavy atom. The van der Waals surface area contributed by atoms with Gasteiger partial charge in [-0.2, -0.15) is 0 Å². The lowest BCUT2D eigenvalue weighted by atomic mass is 10.0. The molecule has 1 aliphatic carbocycles. The van der Waals surface area contributed by atoms with Gasteiger partial charge in [0.1, 0.15) is 6.04 Å². The lowest BCUT2D eigenvalue weighted by Crippen LogP contribution is -2.52. The standard InChI is InChI=1S/C33H39F2N3O4S/c1-24-11-6-7-14-26(24)23-37(31(21-25-12-4-3-5-13-25)33(40)36-27-15-8-9-16-27)32(39)17-10-20-38(43(2,41)42)28-18-19-29(34)30(35)22-28/h3-7,11-14,18-19,22,27,31H,8-10,15-17,20-21,23H2,1-2H3,(H,36,40)/t31-/m1/s1. The van der Waals surface area contributed by atoms with Crippen molar-refractivity contribution in [3.8, 4) is 0 Å². The fourth-order valence-electron chi connectivity index (χ4n) is 5.54. The lowest BCUT2D eigenvalue weighted by molar-refractivity contribution is -0.141. The van der Waals surface area contributed by atoms with Crippen molar-refractivity contribution in [3.63, 3.8) is 0 Å². The largest absolute Gasteiger partial charge is 0.352 e. The van der Waals surface area contributed by atoms with Gasteiger partial charge in [0, 0.05) is 38.0 Å². The molecule has 1 saturated carbocycles. The van der Waals surface area contributed by atoms with Crippen LogP contribution in [0, 0.1) is 18.6 Å². The van der Waals surface area contributed by atoms with Crippen molar-refractivity contribution in [2.24, 2.45) is 0 Å². The van der Waals surface area contributed by atoms with Crippen LogP contribution in [0.25, 0.3) is 0 Å². The minimum atomic E-state index is -3.85. The Morgan fingerprint density at radius 1 is 0.953 bits per heavy atom. The van der Waals surface area contributed by atoms with Gasteiger partial charge in [0.05, 0.1) is 11.9 Å². The van der Waals surface area contributed by atoms with E-state index in [-0.39, 0.29) is 49.5 Å². The molecule has 3 aromatic rings. The molecule has 43 heavy (non-hydrogen) atoms. The van der Waals surface area contributed by atoms with Gasteiger partial charge < -0.3 is 10.2 Å². The van der Waals surface area contributed by atoms with Crippen LogP contribution < -0.4 is 9.62 Å². The maximum atomic E-state index is 14.0. The van der Waals surface area contributed by atoms with Crippen molar-refractivity contribution in [3.05, 3.63) is 101 Å². The molecule has 1 N–H and O–H groups in total. The molecule has 0 spiro atoms. The van der Waals surface area contributed by atoms with Crippen molar-refractivity contribution in [2.75, 3.05) is 17.1 Å². The van der Waals surface area contributed by atoms with Crippen LogP contribution in [0.4, 0.5) is 14.5 Å². The molecule has 0 heterocycles. The summed E-state index contributed by atoms with van der Waals surface area (Å²) in [6, 6.07) is 19.4. The molecule has 0 bridgehead atoms. The summed E-state index contributed by atoms with van der Waals surface area (Å²) in [5, 5.41) is 3.17. The SMILES string of the molecule is Cc1ccccc1CN(C(=O)CCCN(c1ccc(F)c(F)c1)S(C)(=O)=O)[C@H](Cc1ccccc1)C(=O)NC1CCCC1. The number of sulfonamides is 1. The van der Waals surface area contributed by atoms with E-state index in [9.17, 15) is 26.8 Å². The van der Waals surface area contributed by atoms with E-state index in [1.165, 1.54) is 6.07 Å². The van der Waals surface area contributed by atoms with Crippen molar-refractivity contribution in [2.45, 2.75) is 70.5 Å². The van der Waals surface area contributed by atoms with Gasteiger partial charge in [0.2, 0.25) is 21.8 Å². The Morgan fingerprint density at radius 2 is 1.63 bits per heavy atom. The third kappa shape index (κ3) is 8.86. The first-order valence-corrected chi connectivity index (χ1v) is 16.5. The molecule has 0 saturated heterocycles. The first kappa shape index (κ1) is 32.1. The molecule has 0 aliphatic heterocycles. The average Bonchev–Trinajstić information content (AvgIpc) is 3.48. The number of amides is 2. The van der Waals surface area contributed by atoms with Crippen LogP contribution in [0.3, 0.4) is 0 Å². The van der Waals surface area contributed by atoms with Crippen LogP contribution in [-0.2, 0) is 32.6 Å². The number of hydrogen-bond donors (Lipinski definition) is 1. The molecule has 230 valence electrons. The highest BCUT2D eigenvalue weighted by Crippen LogP contribution is 2.24. The number of halogens is 2. The quantitative estimate of drug-likeness (QED) is 0.276. The monoisotopic (exact) mass is 611 g/mol. The highest BCUT2D eigenvalue weighted by Gasteiger charge is 2.32. The van der Waals surface area contributed by atoms with E-state index in [1.807, 2.05) is 61.5 Å². The zero-order valence-electron chi connectivity index (χ0n) is 24.6. The summed E-state index contributed by atoms with van der Waals surface area (Å²) >= 11 is 0. The number of anilines is 1. The van der Waals surface area contributed by atoms with E-state index in [4.69, 9.17) is 0 Å². The zero-order valence-corrected chi connectivity index (χ0v) is 25.5. The van der Waals surface area contributed by atoms with Gasteiger partial charge in [-0.25, -0.2) is 17.2 Å². The van der Waals surface area contributed by atoms with Crippen LogP contribution >= 0.6 is 0 Å². The normalized spacial score (nSPS) is 14.3. The minimum absolute atomic E-state index is 0.0245. The number of nitrogens with one attached hydrogen (secondary N) is 1. The van der Waals surface area contributed by atoms with Crippen molar-refractivity contribution >= 4 is 27.5 Å². The average molecular weight is 612 g/mol. The summed E-state index contributed by atoms with van der Waals surface area (Å²) < 4.78 is 53.5. The Bertz CT molecular complexity index is 1510. The topological polar surface area (TPSA) is 86.8 Å². The molecule has 1 fully saturated rings. The molecular weight excluding hydrogens is 572 g/mol. The third-order valence-corrected chi connectivity index (χ3v) is 9.11. The van der Waals surface area contributed by atoms with Crippen molar-refractivity contribution in [1.29, 1.82) is 0 Å². The molecule has 10 heteroatoms. The number of nitrogens with zero attached hydrogens (tertiary/aromatic N) is 2. The Labute approximate surface area is 252 Å². The maximum Gasteiger partial charge on any atom is 0.243 e. The van der Waals surface area contributed by atoms with Crippen LogP contribution in [0.15, 0.2) is 72.8 Å². The lowest BCUT2D eigenvalue weighted by Gasteiger charge is -2.33. The van der Waals surface area contributed by atoms with Gasteiger partial charge in [0.15, 0.2) is 11.6 Å². The first-order valence-electron chi connectivity index (χ1n) is 14.6. The van der Waals surface area contributed by atoms with Gasteiger partial charge >= 0.3 is 0 Å². The predicted octanol–water partition coefficient (Wildman–Crippen LogP) is 5.52. The fourth-order valence-corrected chi connectivity index (χ4v) is 6.49. The number of carbonyl (C=O) groups is 2. The van der Waals surface area contributed by atoms with Crippen LogP contribution in [-0.4, -0.2) is 50.0 Å². The molecule has 0 radical (unpaired) electrons. The summed E-state index contributed by atoms with van der Waals surface area (Å²) in [5.74, 6) is -2.76. The predicted molar refractivity (Wildman–Crippen MR) is 164 cm³/mol. The second-order valence-electron chi connectivity index (χ2n) is 11.2. The fraction of sp³-hybridized carbons (Fsp3) is 0.394. The summed E-state index contributed by atoms with van der Waals surface area (Å²) in [7, 11) is -3.85. The van der Waals surface area contributed by atoms with E-state index in [0.717, 1.165) is 65.1 Å². The number of aryl methyl sites for hydroxylation is 1. The Balaban J connectivity index is 1.59. The molecule has 4 rings (SSSR count). The van der Waals surface area contributed by atoms with Crippen molar-refractivity contribution < 1.29 is 26.8 Å². The van der Waals surface area contributed by atoms with Gasteiger partial charge in [0.25, 0.3) is 0 Å². The maximum absolute atomic E-state index is 14.0. The number of carbonyl (C=O) groups excluding carboxylic acids is 2. The zero-order chi connectivity index (χ0) is 31.0. The molecule has 3 aromatic carbocycles. The summed E-state index contributed by atoms with van der Waals surface area (Å²) in [6.07, 6.45) is 5.26.